The molecule has 0 fully saturated rings. The standard InChI is InChI=1S/C17H18N2O3/c1-10-5-4-6-14-15(10)18-16(19-17(14)20)11-7-12(21-2)9-13(8-11)22-3/h4-9,16,18H,1-3H3,(H,19,20)/t16-/m1/s1. The van der Waals surface area contributed by atoms with Crippen LogP contribution in [-0.4, -0.2) is 20.1 Å². The Hall–Kier alpha value is -2.69. The number of fused-ring (bicyclic) bond motifs is 1. The summed E-state index contributed by atoms with van der Waals surface area (Å²) in [7, 11) is 3.20. The van der Waals surface area contributed by atoms with E-state index < -0.39 is 0 Å². The van der Waals surface area contributed by atoms with Crippen LogP contribution in [0.4, 0.5) is 5.69 Å². The lowest BCUT2D eigenvalue weighted by Crippen LogP contribution is -2.38. The fourth-order valence-corrected chi connectivity index (χ4v) is 2.60. The first kappa shape index (κ1) is 14.3. The quantitative estimate of drug-likeness (QED) is 0.915. The van der Waals surface area contributed by atoms with Gasteiger partial charge in [0.25, 0.3) is 5.91 Å². The van der Waals surface area contributed by atoms with Gasteiger partial charge in [-0.15, -0.1) is 0 Å². The van der Waals surface area contributed by atoms with Crippen molar-refractivity contribution in [1.82, 2.24) is 5.32 Å². The van der Waals surface area contributed by atoms with Crippen molar-refractivity contribution in [2.75, 3.05) is 19.5 Å². The molecule has 1 aliphatic rings. The van der Waals surface area contributed by atoms with Crippen LogP contribution in [0.3, 0.4) is 0 Å². The zero-order chi connectivity index (χ0) is 15.7. The summed E-state index contributed by atoms with van der Waals surface area (Å²) in [5.74, 6) is 1.27. The molecule has 2 aromatic carbocycles. The van der Waals surface area contributed by atoms with Gasteiger partial charge in [0.05, 0.1) is 25.5 Å². The molecule has 5 nitrogen and oxygen atoms in total. The Balaban J connectivity index is 2.01. The van der Waals surface area contributed by atoms with Crippen LogP contribution < -0.4 is 20.1 Å². The molecule has 114 valence electrons. The molecule has 1 amide bonds. The summed E-state index contributed by atoms with van der Waals surface area (Å²) in [5.41, 5.74) is 3.43. The summed E-state index contributed by atoms with van der Waals surface area (Å²) < 4.78 is 10.6. The Kier molecular flexibility index (Phi) is 3.63. The summed E-state index contributed by atoms with van der Waals surface area (Å²) in [6.45, 7) is 1.98. The monoisotopic (exact) mass is 298 g/mol. The van der Waals surface area contributed by atoms with Crippen LogP contribution in [0.2, 0.25) is 0 Å². The molecular weight excluding hydrogens is 280 g/mol. The topological polar surface area (TPSA) is 59.6 Å². The van der Waals surface area contributed by atoms with E-state index in [4.69, 9.17) is 9.47 Å². The van der Waals surface area contributed by atoms with Gasteiger partial charge in [-0.05, 0) is 30.7 Å². The van der Waals surface area contributed by atoms with Crippen LogP contribution >= 0.6 is 0 Å². The molecule has 0 saturated heterocycles. The number of anilines is 1. The molecule has 0 unspecified atom stereocenters. The Labute approximate surface area is 129 Å². The maximum Gasteiger partial charge on any atom is 0.255 e. The van der Waals surface area contributed by atoms with Gasteiger partial charge < -0.3 is 20.1 Å². The van der Waals surface area contributed by atoms with E-state index in [0.29, 0.717) is 17.1 Å². The largest absolute Gasteiger partial charge is 0.497 e. The molecule has 1 atom stereocenters. The van der Waals surface area contributed by atoms with Gasteiger partial charge in [0.1, 0.15) is 17.7 Å². The number of rotatable bonds is 3. The van der Waals surface area contributed by atoms with Crippen molar-refractivity contribution in [2.24, 2.45) is 0 Å². The number of amides is 1. The van der Waals surface area contributed by atoms with Crippen LogP contribution in [-0.2, 0) is 0 Å². The van der Waals surface area contributed by atoms with E-state index >= 15 is 0 Å². The van der Waals surface area contributed by atoms with Crippen molar-refractivity contribution in [2.45, 2.75) is 13.1 Å². The van der Waals surface area contributed by atoms with E-state index in [0.717, 1.165) is 16.8 Å². The van der Waals surface area contributed by atoms with Gasteiger partial charge in [-0.3, -0.25) is 4.79 Å². The van der Waals surface area contributed by atoms with Gasteiger partial charge in [-0.1, -0.05) is 12.1 Å². The van der Waals surface area contributed by atoms with Crippen LogP contribution in [0.1, 0.15) is 27.7 Å². The predicted molar refractivity (Wildman–Crippen MR) is 84.6 cm³/mol. The predicted octanol–water partition coefficient (Wildman–Crippen LogP) is 2.87. The van der Waals surface area contributed by atoms with Gasteiger partial charge in [-0.25, -0.2) is 0 Å². The van der Waals surface area contributed by atoms with Crippen molar-refractivity contribution in [3.8, 4) is 11.5 Å². The molecule has 0 aliphatic carbocycles. The molecule has 1 heterocycles. The summed E-state index contributed by atoms with van der Waals surface area (Å²) in [4.78, 5) is 12.3. The van der Waals surface area contributed by atoms with E-state index in [2.05, 4.69) is 10.6 Å². The lowest BCUT2D eigenvalue weighted by Gasteiger charge is -2.29. The second kappa shape index (κ2) is 5.60. The minimum absolute atomic E-state index is 0.0933. The first-order valence-corrected chi connectivity index (χ1v) is 7.02. The molecule has 2 N–H and O–H groups in total. The highest BCUT2D eigenvalue weighted by Crippen LogP contribution is 2.32. The zero-order valence-corrected chi connectivity index (χ0v) is 12.8. The van der Waals surface area contributed by atoms with Gasteiger partial charge in [0.2, 0.25) is 0 Å². The minimum atomic E-state index is -0.329. The van der Waals surface area contributed by atoms with Crippen molar-refractivity contribution < 1.29 is 14.3 Å². The van der Waals surface area contributed by atoms with Crippen LogP contribution in [0.15, 0.2) is 36.4 Å². The number of carbonyl (C=O) groups is 1. The van der Waals surface area contributed by atoms with Crippen LogP contribution in [0, 0.1) is 6.92 Å². The average Bonchev–Trinajstić information content (AvgIpc) is 2.55. The molecule has 3 rings (SSSR count). The van der Waals surface area contributed by atoms with Gasteiger partial charge in [0.15, 0.2) is 0 Å². The highest BCUT2D eigenvalue weighted by Gasteiger charge is 2.26. The molecule has 0 spiro atoms. The average molecular weight is 298 g/mol. The molecule has 22 heavy (non-hydrogen) atoms. The lowest BCUT2D eigenvalue weighted by atomic mass is 10.0. The maximum absolute atomic E-state index is 12.3. The third kappa shape index (κ3) is 2.45. The highest BCUT2D eigenvalue weighted by molar-refractivity contribution is 6.02. The van der Waals surface area contributed by atoms with E-state index in [1.54, 1.807) is 20.3 Å². The summed E-state index contributed by atoms with van der Waals surface area (Å²) in [6, 6.07) is 11.2. The molecule has 2 aromatic rings. The van der Waals surface area contributed by atoms with E-state index in [-0.39, 0.29) is 12.1 Å². The number of para-hydroxylation sites is 1. The number of hydrogen-bond donors (Lipinski definition) is 2. The fourth-order valence-electron chi connectivity index (χ4n) is 2.60. The van der Waals surface area contributed by atoms with Crippen LogP contribution in [0.5, 0.6) is 11.5 Å². The molecule has 0 bridgehead atoms. The second-order valence-corrected chi connectivity index (χ2v) is 5.19. The van der Waals surface area contributed by atoms with E-state index in [1.807, 2.05) is 37.3 Å². The van der Waals surface area contributed by atoms with Gasteiger partial charge in [-0.2, -0.15) is 0 Å². The van der Waals surface area contributed by atoms with Crippen molar-refractivity contribution in [3.05, 3.63) is 53.1 Å². The number of aryl methyl sites for hydroxylation is 1. The number of benzene rings is 2. The smallest absolute Gasteiger partial charge is 0.255 e. The highest BCUT2D eigenvalue weighted by atomic mass is 16.5. The second-order valence-electron chi connectivity index (χ2n) is 5.19. The van der Waals surface area contributed by atoms with E-state index in [9.17, 15) is 4.79 Å². The Bertz CT molecular complexity index is 706. The Morgan fingerprint density at radius 2 is 1.68 bits per heavy atom. The third-order valence-corrected chi connectivity index (χ3v) is 3.79. The lowest BCUT2D eigenvalue weighted by molar-refractivity contribution is 0.0935. The third-order valence-electron chi connectivity index (χ3n) is 3.79. The number of methoxy groups -OCH3 is 2. The Morgan fingerprint density at radius 3 is 2.32 bits per heavy atom. The fraction of sp³-hybridized carbons (Fsp3) is 0.235. The molecule has 0 radical (unpaired) electrons. The van der Waals surface area contributed by atoms with Gasteiger partial charge >= 0.3 is 0 Å². The minimum Gasteiger partial charge on any atom is -0.497 e. The van der Waals surface area contributed by atoms with Crippen molar-refractivity contribution in [3.63, 3.8) is 0 Å². The number of carbonyl (C=O) groups excluding carboxylic acids is 1. The SMILES string of the molecule is COc1cc(OC)cc([C@H]2NC(=O)c3cccc(C)c3N2)c1. The van der Waals surface area contributed by atoms with Crippen molar-refractivity contribution in [1.29, 1.82) is 0 Å². The molecule has 0 saturated carbocycles. The summed E-state index contributed by atoms with van der Waals surface area (Å²) in [6.07, 6.45) is -0.329. The zero-order valence-electron chi connectivity index (χ0n) is 12.8. The number of nitrogens with one attached hydrogen (secondary N) is 2. The molecular formula is C17H18N2O3. The normalized spacial score (nSPS) is 16.3. The van der Waals surface area contributed by atoms with E-state index in [1.165, 1.54) is 0 Å². The molecule has 0 aromatic heterocycles. The first-order valence-electron chi connectivity index (χ1n) is 7.02. The van der Waals surface area contributed by atoms with Crippen LogP contribution in [0.25, 0.3) is 0 Å². The summed E-state index contributed by atoms with van der Waals surface area (Å²) in [5, 5.41) is 6.33. The number of hydrogen-bond acceptors (Lipinski definition) is 4. The first-order chi connectivity index (χ1) is 10.6. The molecule has 5 heteroatoms. The van der Waals surface area contributed by atoms with Gasteiger partial charge in [0, 0.05) is 11.6 Å². The summed E-state index contributed by atoms with van der Waals surface area (Å²) >= 11 is 0. The Morgan fingerprint density at radius 1 is 1.00 bits per heavy atom. The molecule has 1 aliphatic heterocycles. The van der Waals surface area contributed by atoms with Crippen molar-refractivity contribution >= 4 is 11.6 Å². The number of ether oxygens (including phenoxy) is 2. The maximum atomic E-state index is 12.3.